The van der Waals surface area contributed by atoms with E-state index in [1.165, 1.54) is 42.5 Å². The van der Waals surface area contributed by atoms with Crippen LogP contribution < -0.4 is 20.1 Å². The monoisotopic (exact) mass is 577 g/mol. The number of carbonyl (C=O) groups is 1. The minimum absolute atomic E-state index is 0. The molecule has 2 atom stereocenters. The van der Waals surface area contributed by atoms with Crippen LogP contribution in [-0.2, 0) is 10.0 Å². The van der Waals surface area contributed by atoms with Gasteiger partial charge in [-0.1, -0.05) is 19.9 Å². The lowest BCUT2D eigenvalue weighted by Crippen LogP contribution is -2.41. The van der Waals surface area contributed by atoms with Gasteiger partial charge < -0.3 is 20.5 Å². The molecule has 0 saturated carbocycles. The van der Waals surface area contributed by atoms with Crippen molar-refractivity contribution >= 4 is 27.6 Å². The van der Waals surface area contributed by atoms with Crippen LogP contribution in [0.15, 0.2) is 53.6 Å². The van der Waals surface area contributed by atoms with Gasteiger partial charge in [0.05, 0.1) is 17.9 Å². The van der Waals surface area contributed by atoms with E-state index in [4.69, 9.17) is 15.5 Å². The third kappa shape index (κ3) is 6.50. The van der Waals surface area contributed by atoms with Gasteiger partial charge in [-0.25, -0.2) is 19.1 Å². The highest BCUT2D eigenvalue weighted by atomic mass is 32.2. The molecule has 0 bridgehead atoms. The molecule has 1 unspecified atom stereocenters. The van der Waals surface area contributed by atoms with E-state index in [9.17, 15) is 22.7 Å². The zero-order valence-electron chi connectivity index (χ0n) is 22.9. The molecule has 1 aromatic carbocycles. The molecule has 1 fully saturated rings. The van der Waals surface area contributed by atoms with Crippen molar-refractivity contribution in [1.29, 1.82) is 0 Å². The largest absolute Gasteiger partial charge is 0.493 e. The molecule has 0 spiro atoms. The first-order chi connectivity index (χ1) is 18.8. The Labute approximate surface area is 237 Å². The van der Waals surface area contributed by atoms with Gasteiger partial charge in [-0.05, 0) is 62.6 Å². The Morgan fingerprint density at radius 2 is 2.02 bits per heavy atom. The van der Waals surface area contributed by atoms with Gasteiger partial charge in [0.2, 0.25) is 0 Å². The summed E-state index contributed by atoms with van der Waals surface area (Å²) in [5.41, 5.74) is 6.08. The lowest BCUT2D eigenvalue weighted by atomic mass is 9.97. The van der Waals surface area contributed by atoms with E-state index in [0.717, 1.165) is 6.42 Å². The van der Waals surface area contributed by atoms with Crippen LogP contribution in [0.25, 0.3) is 11.3 Å². The summed E-state index contributed by atoms with van der Waals surface area (Å²) in [5, 5.41) is 8.88. The van der Waals surface area contributed by atoms with Crippen molar-refractivity contribution in [3.8, 4) is 17.0 Å². The quantitative estimate of drug-likeness (QED) is 0.337. The van der Waals surface area contributed by atoms with Crippen LogP contribution in [-0.4, -0.2) is 54.7 Å². The molecular formula is C28H40FN5O5S. The zero-order chi connectivity index (χ0) is 29.2. The maximum Gasteiger partial charge on any atom is 0.281 e. The molecule has 1 saturated heterocycles. The number of sulfonamides is 1. The van der Waals surface area contributed by atoms with Crippen LogP contribution in [0.4, 0.5) is 16.0 Å². The summed E-state index contributed by atoms with van der Waals surface area (Å²) in [7, 11) is -4.32. The second-order valence-electron chi connectivity index (χ2n) is 10.9. The third-order valence-electron chi connectivity index (χ3n) is 6.71. The Kier molecular flexibility index (Phi) is 8.31. The van der Waals surface area contributed by atoms with Crippen LogP contribution in [0.2, 0.25) is 0 Å². The number of amides is 1. The summed E-state index contributed by atoms with van der Waals surface area (Å²) in [5.74, 6) is -0.706. The highest BCUT2D eigenvalue weighted by Crippen LogP contribution is 2.38. The van der Waals surface area contributed by atoms with Crippen molar-refractivity contribution in [3.05, 3.63) is 59.9 Å². The summed E-state index contributed by atoms with van der Waals surface area (Å²) in [4.78, 5) is 24.0. The zero-order valence-corrected chi connectivity index (χ0v) is 23.7. The number of pyridine rings is 2. The number of aromatic nitrogens is 2. The SMILES string of the molecule is CC(CO)COc1cc(F)cc(-c2ccc(C(=O)NS(=O)(=O)c3cccc(N)n3)c(N3C[C@@H](C)CC3(C)C)n2)c1.[HH].[HH].[HH]. The van der Waals surface area contributed by atoms with E-state index in [1.54, 1.807) is 13.0 Å². The van der Waals surface area contributed by atoms with Crippen molar-refractivity contribution in [2.45, 2.75) is 44.7 Å². The minimum Gasteiger partial charge on any atom is -0.493 e. The fourth-order valence-corrected chi connectivity index (χ4v) is 5.79. The highest BCUT2D eigenvalue weighted by molar-refractivity contribution is 7.90. The minimum atomic E-state index is -4.32. The molecule has 4 rings (SSSR count). The number of halogens is 1. The van der Waals surface area contributed by atoms with E-state index in [1.807, 2.05) is 18.7 Å². The molecule has 4 N–H and O–H groups in total. The van der Waals surface area contributed by atoms with Crippen LogP contribution >= 0.6 is 0 Å². The van der Waals surface area contributed by atoms with Gasteiger partial charge in [-0.15, -0.1) is 0 Å². The number of ether oxygens (including phenoxy) is 1. The summed E-state index contributed by atoms with van der Waals surface area (Å²) < 4.78 is 48.1. The van der Waals surface area contributed by atoms with Gasteiger partial charge >= 0.3 is 0 Å². The lowest BCUT2D eigenvalue weighted by molar-refractivity contribution is 0.0981. The van der Waals surface area contributed by atoms with Gasteiger partial charge in [0.25, 0.3) is 15.9 Å². The van der Waals surface area contributed by atoms with Crippen molar-refractivity contribution in [2.75, 3.05) is 30.4 Å². The Hall–Kier alpha value is -3.77. The molecule has 2 aromatic heterocycles. The highest BCUT2D eigenvalue weighted by Gasteiger charge is 2.39. The van der Waals surface area contributed by atoms with Gasteiger partial charge in [0.15, 0.2) is 5.03 Å². The fourth-order valence-electron chi connectivity index (χ4n) is 4.85. The summed E-state index contributed by atoms with van der Waals surface area (Å²) in [6.45, 7) is 8.67. The number of aliphatic hydroxyl groups excluding tert-OH is 1. The second-order valence-corrected chi connectivity index (χ2v) is 12.5. The van der Waals surface area contributed by atoms with Gasteiger partial charge in [0.1, 0.15) is 23.2 Å². The van der Waals surface area contributed by atoms with E-state index in [-0.39, 0.29) is 56.9 Å². The molecule has 3 aromatic rings. The van der Waals surface area contributed by atoms with Crippen molar-refractivity contribution in [2.24, 2.45) is 11.8 Å². The van der Waals surface area contributed by atoms with E-state index in [0.29, 0.717) is 23.7 Å². The smallest absolute Gasteiger partial charge is 0.281 e. The average molecular weight is 578 g/mol. The lowest BCUT2D eigenvalue weighted by Gasteiger charge is -2.34. The number of carbonyl (C=O) groups excluding carboxylic acids is 1. The number of anilines is 2. The van der Waals surface area contributed by atoms with Gasteiger partial charge in [-0.2, -0.15) is 8.42 Å². The maximum atomic E-state index is 14.6. The molecule has 1 aliphatic rings. The summed E-state index contributed by atoms with van der Waals surface area (Å²) in [6, 6.07) is 11.3. The predicted molar refractivity (Wildman–Crippen MR) is 156 cm³/mol. The van der Waals surface area contributed by atoms with Crippen LogP contribution in [0.5, 0.6) is 5.75 Å². The third-order valence-corrected chi connectivity index (χ3v) is 7.94. The van der Waals surface area contributed by atoms with Gasteiger partial charge in [0, 0.05) is 40.5 Å². The predicted octanol–water partition coefficient (Wildman–Crippen LogP) is 4.35. The van der Waals surface area contributed by atoms with Crippen LogP contribution in [0, 0.1) is 17.7 Å². The number of nitrogens with two attached hydrogens (primary N) is 1. The number of nitrogen functional groups attached to an aromatic ring is 1. The fraction of sp³-hybridized carbons (Fsp3) is 0.393. The molecule has 0 aliphatic carbocycles. The van der Waals surface area contributed by atoms with Gasteiger partial charge in [-0.3, -0.25) is 4.79 Å². The molecule has 220 valence electrons. The van der Waals surface area contributed by atoms with Crippen LogP contribution in [0.1, 0.15) is 48.8 Å². The first kappa shape index (κ1) is 29.2. The topological polar surface area (TPSA) is 148 Å². The number of hydrogen-bond donors (Lipinski definition) is 3. The standard InChI is InChI=1S/C28H34FN5O5S.3H2/c1-17-13-28(3,4)34(14-17)26-22(27(36)33-40(37,38)25-7-5-6-24(30)32-25)8-9-23(31-26)19-10-20(29)12-21(11-19)39-16-18(2)15-35;;;/h5-12,17-18,35H,13-16H2,1-4H3,(H2,30,32)(H,33,36);3*1H/t17-,18?;;;/m0.../s1. The Balaban J connectivity index is 0.00000308. The van der Waals surface area contributed by atoms with E-state index in [2.05, 4.69) is 16.6 Å². The summed E-state index contributed by atoms with van der Waals surface area (Å²) in [6.07, 6.45) is 0.826. The molecule has 10 nitrogen and oxygen atoms in total. The number of nitrogens with zero attached hydrogens (tertiary/aromatic N) is 3. The van der Waals surface area contributed by atoms with E-state index >= 15 is 0 Å². The number of nitrogens with one attached hydrogen (secondary N) is 1. The number of benzene rings is 1. The summed E-state index contributed by atoms with van der Waals surface area (Å²) >= 11 is 0. The Morgan fingerprint density at radius 3 is 2.67 bits per heavy atom. The first-order valence-corrected chi connectivity index (χ1v) is 14.4. The van der Waals surface area contributed by atoms with Crippen molar-refractivity contribution in [1.82, 2.24) is 14.7 Å². The molecule has 12 heteroatoms. The maximum absolute atomic E-state index is 14.6. The number of aliphatic hydroxyl groups is 1. The molecular weight excluding hydrogens is 537 g/mol. The normalized spacial score (nSPS) is 17.4. The second kappa shape index (κ2) is 11.4. The van der Waals surface area contributed by atoms with Crippen LogP contribution in [0.3, 0.4) is 0 Å². The average Bonchev–Trinajstić information content (AvgIpc) is 3.17. The van der Waals surface area contributed by atoms with Crippen molar-refractivity contribution < 1.29 is 31.7 Å². The molecule has 40 heavy (non-hydrogen) atoms. The molecule has 3 heterocycles. The molecule has 1 aliphatic heterocycles. The molecule has 0 radical (unpaired) electrons. The Morgan fingerprint density at radius 1 is 1.27 bits per heavy atom. The Bertz CT molecular complexity index is 1530. The number of rotatable bonds is 9. The van der Waals surface area contributed by atoms with Crippen molar-refractivity contribution in [3.63, 3.8) is 0 Å². The molecule has 1 amide bonds. The van der Waals surface area contributed by atoms with E-state index < -0.39 is 21.7 Å². The number of hydrogen-bond acceptors (Lipinski definition) is 9. The first-order valence-electron chi connectivity index (χ1n) is 12.9.